The Morgan fingerprint density at radius 2 is 1.92 bits per heavy atom. The summed E-state index contributed by atoms with van der Waals surface area (Å²) >= 11 is 0. The van der Waals surface area contributed by atoms with Gasteiger partial charge in [0.05, 0.1) is 5.56 Å². The molecule has 0 bridgehead atoms. The van der Waals surface area contributed by atoms with E-state index in [2.05, 4.69) is 5.32 Å². The first kappa shape index (κ1) is 18.6. The highest BCUT2D eigenvalue weighted by molar-refractivity contribution is 5.68. The number of carbonyl (C=O) groups is 1. The van der Waals surface area contributed by atoms with Crippen LogP contribution < -0.4 is 5.32 Å². The van der Waals surface area contributed by atoms with Crippen molar-refractivity contribution in [3.05, 3.63) is 41.8 Å². The summed E-state index contributed by atoms with van der Waals surface area (Å²) in [6.45, 7) is 5.38. The van der Waals surface area contributed by atoms with Crippen LogP contribution in [0.3, 0.4) is 0 Å². The van der Waals surface area contributed by atoms with Crippen LogP contribution in [0.5, 0.6) is 0 Å². The van der Waals surface area contributed by atoms with Crippen molar-refractivity contribution < 1.29 is 22.7 Å². The van der Waals surface area contributed by atoms with E-state index in [0.717, 1.165) is 12.5 Å². The minimum absolute atomic E-state index is 0.0454. The number of benzene rings is 1. The lowest BCUT2D eigenvalue weighted by molar-refractivity contribution is -0.137. The Balaban J connectivity index is 1.90. The fraction of sp³-hybridized carbons (Fsp3) is 0.556. The molecule has 1 N–H and O–H groups in total. The fourth-order valence-electron chi connectivity index (χ4n) is 2.81. The van der Waals surface area contributed by atoms with Crippen molar-refractivity contribution in [2.45, 2.75) is 63.8 Å². The smallest absolute Gasteiger partial charge is 0.416 e. The molecule has 0 aromatic heterocycles. The molecule has 0 aliphatic heterocycles. The summed E-state index contributed by atoms with van der Waals surface area (Å²) in [4.78, 5) is 11.8. The highest BCUT2D eigenvalue weighted by atomic mass is 19.4. The van der Waals surface area contributed by atoms with E-state index in [9.17, 15) is 18.0 Å². The highest BCUT2D eigenvalue weighted by Crippen LogP contribution is 2.36. The summed E-state index contributed by atoms with van der Waals surface area (Å²) in [6.07, 6.45) is -0.824. The summed E-state index contributed by atoms with van der Waals surface area (Å²) in [6, 6.07) is 5.38. The molecule has 1 amide bonds. The van der Waals surface area contributed by atoms with Crippen molar-refractivity contribution in [2.75, 3.05) is 0 Å². The normalized spacial score (nSPS) is 22.1. The van der Waals surface area contributed by atoms with E-state index >= 15 is 0 Å². The molecule has 2 rings (SSSR count). The molecule has 0 spiro atoms. The Kier molecular flexibility index (Phi) is 5.45. The van der Waals surface area contributed by atoms with Crippen molar-refractivity contribution >= 4 is 6.09 Å². The van der Waals surface area contributed by atoms with E-state index in [4.69, 9.17) is 4.74 Å². The molecule has 1 aliphatic rings. The van der Waals surface area contributed by atoms with Crippen molar-refractivity contribution in [2.24, 2.45) is 0 Å². The molecule has 1 fully saturated rings. The Morgan fingerprint density at radius 3 is 2.46 bits per heavy atom. The Labute approximate surface area is 140 Å². The second-order valence-electron chi connectivity index (χ2n) is 7.12. The molecule has 24 heavy (non-hydrogen) atoms. The zero-order chi connectivity index (χ0) is 18.0. The SMILES string of the molecule is CC(C)(C)OC(=O)N[C@H]1[CH]C[C@H](c2cccc(C(F)(F)F)c2)CC1. The number of ether oxygens (including phenoxy) is 1. The van der Waals surface area contributed by atoms with Crippen LogP contribution in [0, 0.1) is 6.42 Å². The molecule has 1 radical (unpaired) electrons. The van der Waals surface area contributed by atoms with Gasteiger partial charge in [-0.25, -0.2) is 4.79 Å². The molecule has 6 heteroatoms. The topological polar surface area (TPSA) is 38.3 Å². The molecule has 3 nitrogen and oxygen atoms in total. The predicted molar refractivity (Wildman–Crippen MR) is 85.5 cm³/mol. The number of carbonyl (C=O) groups excluding carboxylic acids is 1. The summed E-state index contributed by atoms with van der Waals surface area (Å²) in [5.41, 5.74) is -0.481. The van der Waals surface area contributed by atoms with Gasteiger partial charge in [0.15, 0.2) is 0 Å². The lowest BCUT2D eigenvalue weighted by atomic mass is 9.81. The van der Waals surface area contributed by atoms with Gasteiger partial charge in [-0.3, -0.25) is 0 Å². The van der Waals surface area contributed by atoms with Crippen molar-refractivity contribution in [3.63, 3.8) is 0 Å². The molecule has 2 atom stereocenters. The summed E-state index contributed by atoms with van der Waals surface area (Å²) in [5, 5.41) is 2.79. The van der Waals surface area contributed by atoms with Gasteiger partial charge in [0.25, 0.3) is 0 Å². The first-order valence-corrected chi connectivity index (χ1v) is 8.04. The van der Waals surface area contributed by atoms with Gasteiger partial charge in [-0.15, -0.1) is 0 Å². The van der Waals surface area contributed by atoms with Crippen LogP contribution in [-0.4, -0.2) is 17.7 Å². The molecular weight excluding hydrogens is 319 g/mol. The van der Waals surface area contributed by atoms with Crippen LogP contribution in [0.4, 0.5) is 18.0 Å². The standard InChI is InChI=1S/C18H23F3NO2/c1-17(2,3)24-16(23)22-15-9-7-12(8-10-15)13-5-4-6-14(11-13)18(19,20)21/h4-6,9,11-12,15H,7-8,10H2,1-3H3,(H,22,23)/t12-,15-/m0/s1. The Hall–Kier alpha value is -1.72. The predicted octanol–water partition coefficient (Wildman–Crippen LogP) is 5.07. The fourth-order valence-corrected chi connectivity index (χ4v) is 2.81. The Bertz CT molecular complexity index is 570. The van der Waals surface area contributed by atoms with E-state index < -0.39 is 23.4 Å². The number of amides is 1. The molecule has 1 saturated carbocycles. The number of halogens is 3. The van der Waals surface area contributed by atoms with Gasteiger partial charge in [-0.1, -0.05) is 18.2 Å². The third-order valence-electron chi connectivity index (χ3n) is 3.92. The van der Waals surface area contributed by atoms with Crippen LogP contribution >= 0.6 is 0 Å². The minimum atomic E-state index is -4.32. The molecule has 0 saturated heterocycles. The van der Waals surface area contributed by atoms with E-state index in [1.165, 1.54) is 12.1 Å². The quantitative estimate of drug-likeness (QED) is 0.815. The van der Waals surface area contributed by atoms with E-state index in [1.807, 2.05) is 6.42 Å². The van der Waals surface area contributed by atoms with Gasteiger partial charge in [0.1, 0.15) is 5.60 Å². The van der Waals surface area contributed by atoms with E-state index in [-0.39, 0.29) is 12.0 Å². The van der Waals surface area contributed by atoms with Gasteiger partial charge in [0.2, 0.25) is 0 Å². The van der Waals surface area contributed by atoms with Crippen LogP contribution in [0.15, 0.2) is 24.3 Å². The monoisotopic (exact) mass is 342 g/mol. The van der Waals surface area contributed by atoms with Gasteiger partial charge >= 0.3 is 12.3 Å². The molecule has 133 valence electrons. The van der Waals surface area contributed by atoms with Crippen LogP contribution in [0.2, 0.25) is 0 Å². The average Bonchev–Trinajstić information content (AvgIpc) is 2.45. The van der Waals surface area contributed by atoms with E-state index in [0.29, 0.717) is 18.4 Å². The molecule has 1 aromatic rings. The largest absolute Gasteiger partial charge is 0.444 e. The number of nitrogens with one attached hydrogen (secondary N) is 1. The van der Waals surface area contributed by atoms with Crippen molar-refractivity contribution in [3.8, 4) is 0 Å². The maximum atomic E-state index is 12.8. The molecule has 1 aliphatic carbocycles. The Morgan fingerprint density at radius 1 is 1.21 bits per heavy atom. The average molecular weight is 342 g/mol. The van der Waals surface area contributed by atoms with Gasteiger partial charge in [0, 0.05) is 6.04 Å². The van der Waals surface area contributed by atoms with E-state index in [1.54, 1.807) is 26.8 Å². The number of rotatable bonds is 2. The summed E-state index contributed by atoms with van der Waals surface area (Å²) < 4.78 is 43.6. The highest BCUT2D eigenvalue weighted by Gasteiger charge is 2.32. The number of alkyl carbamates (subject to hydrolysis) is 1. The lowest BCUT2D eigenvalue weighted by Crippen LogP contribution is -2.41. The number of alkyl halides is 3. The molecule has 1 aromatic carbocycles. The first-order chi connectivity index (χ1) is 11.0. The molecule has 0 heterocycles. The maximum absolute atomic E-state index is 12.8. The van der Waals surface area contributed by atoms with Crippen LogP contribution in [-0.2, 0) is 10.9 Å². The van der Waals surface area contributed by atoms with Crippen molar-refractivity contribution in [1.29, 1.82) is 0 Å². The van der Waals surface area contributed by atoms with Gasteiger partial charge in [-0.2, -0.15) is 13.2 Å². The van der Waals surface area contributed by atoms with Crippen LogP contribution in [0.25, 0.3) is 0 Å². The third-order valence-corrected chi connectivity index (χ3v) is 3.92. The van der Waals surface area contributed by atoms with Crippen molar-refractivity contribution in [1.82, 2.24) is 5.32 Å². The minimum Gasteiger partial charge on any atom is -0.444 e. The lowest BCUT2D eigenvalue weighted by Gasteiger charge is -2.30. The van der Waals surface area contributed by atoms with Crippen LogP contribution in [0.1, 0.15) is 57.1 Å². The zero-order valence-electron chi connectivity index (χ0n) is 14.1. The number of hydrogen-bond donors (Lipinski definition) is 1. The summed E-state index contributed by atoms with van der Waals surface area (Å²) in [7, 11) is 0. The summed E-state index contributed by atoms with van der Waals surface area (Å²) in [5.74, 6) is 0.0454. The maximum Gasteiger partial charge on any atom is 0.416 e. The van der Waals surface area contributed by atoms with Gasteiger partial charge < -0.3 is 10.1 Å². The molecule has 0 unspecified atom stereocenters. The molecular formula is C18H23F3NO2. The second-order valence-corrected chi connectivity index (χ2v) is 7.12. The first-order valence-electron chi connectivity index (χ1n) is 8.04. The van der Waals surface area contributed by atoms with Gasteiger partial charge in [-0.05, 0) is 64.0 Å². The second kappa shape index (κ2) is 7.03. The third kappa shape index (κ3) is 5.42. The zero-order valence-corrected chi connectivity index (χ0v) is 14.1. The number of hydrogen-bond acceptors (Lipinski definition) is 2.